The largest absolute Gasteiger partial charge is 0.496 e. The molecule has 1 aliphatic carbocycles. The standard InChI is InChI=1S/C23H30N4O3/c1-16(14-26-12-11-24-15-26)25-22(28)20-13-17-7-3-5-9-19(17)27(20)23(29)18-8-4-6-10-21(18)30-2/h4,6,8,10-12,15-17,19-20H,3,5,7,9,13-14H2,1-2H3,(H,25,28). The molecule has 0 bridgehead atoms. The summed E-state index contributed by atoms with van der Waals surface area (Å²) in [5, 5.41) is 3.12. The number of amides is 2. The first-order valence-electron chi connectivity index (χ1n) is 10.8. The predicted octanol–water partition coefficient (Wildman–Crippen LogP) is 2.87. The van der Waals surface area contributed by atoms with Crippen molar-refractivity contribution in [1.29, 1.82) is 0 Å². The van der Waals surface area contributed by atoms with E-state index in [1.165, 1.54) is 6.42 Å². The van der Waals surface area contributed by atoms with Crippen molar-refractivity contribution in [2.45, 2.75) is 63.7 Å². The summed E-state index contributed by atoms with van der Waals surface area (Å²) in [6.45, 7) is 2.62. The number of fused-ring (bicyclic) bond motifs is 1. The first-order chi connectivity index (χ1) is 14.6. The van der Waals surface area contributed by atoms with Crippen LogP contribution in [0.1, 0.15) is 49.4 Å². The summed E-state index contributed by atoms with van der Waals surface area (Å²) in [6.07, 6.45) is 10.4. The number of hydrogen-bond acceptors (Lipinski definition) is 4. The van der Waals surface area contributed by atoms with Gasteiger partial charge in [0.1, 0.15) is 11.8 Å². The maximum Gasteiger partial charge on any atom is 0.258 e. The Bertz CT molecular complexity index is 882. The van der Waals surface area contributed by atoms with Gasteiger partial charge in [-0.1, -0.05) is 25.0 Å². The molecule has 1 saturated carbocycles. The number of methoxy groups -OCH3 is 1. The second-order valence-electron chi connectivity index (χ2n) is 8.45. The zero-order valence-corrected chi connectivity index (χ0v) is 17.7. The number of ether oxygens (including phenoxy) is 1. The number of para-hydroxylation sites is 1. The average molecular weight is 411 g/mol. The lowest BCUT2D eigenvalue weighted by Gasteiger charge is -2.34. The van der Waals surface area contributed by atoms with E-state index in [2.05, 4.69) is 10.3 Å². The van der Waals surface area contributed by atoms with Crippen LogP contribution in [0.3, 0.4) is 0 Å². The van der Waals surface area contributed by atoms with Crippen LogP contribution in [-0.2, 0) is 11.3 Å². The molecule has 4 atom stereocenters. The van der Waals surface area contributed by atoms with Crippen LogP contribution >= 0.6 is 0 Å². The Morgan fingerprint density at radius 3 is 2.83 bits per heavy atom. The Balaban J connectivity index is 1.55. The molecule has 4 rings (SSSR count). The molecule has 2 amide bonds. The molecule has 4 unspecified atom stereocenters. The fourth-order valence-electron chi connectivity index (χ4n) is 5.04. The highest BCUT2D eigenvalue weighted by atomic mass is 16.5. The van der Waals surface area contributed by atoms with Crippen LogP contribution in [-0.4, -0.2) is 51.5 Å². The third-order valence-electron chi connectivity index (χ3n) is 6.40. The van der Waals surface area contributed by atoms with Gasteiger partial charge in [-0.05, 0) is 44.2 Å². The van der Waals surface area contributed by atoms with Crippen LogP contribution in [0, 0.1) is 5.92 Å². The van der Waals surface area contributed by atoms with E-state index in [-0.39, 0.29) is 23.9 Å². The Kier molecular flexibility index (Phi) is 6.06. The summed E-state index contributed by atoms with van der Waals surface area (Å²) in [6, 6.07) is 6.89. The average Bonchev–Trinajstić information content (AvgIpc) is 3.40. The van der Waals surface area contributed by atoms with E-state index in [1.54, 1.807) is 31.8 Å². The van der Waals surface area contributed by atoms with Crippen LogP contribution in [0.15, 0.2) is 43.0 Å². The molecule has 2 fully saturated rings. The monoisotopic (exact) mass is 410 g/mol. The minimum atomic E-state index is -0.444. The molecule has 7 nitrogen and oxygen atoms in total. The maximum atomic E-state index is 13.6. The van der Waals surface area contributed by atoms with Gasteiger partial charge in [-0.2, -0.15) is 0 Å². The highest BCUT2D eigenvalue weighted by molar-refractivity contribution is 6.00. The van der Waals surface area contributed by atoms with Gasteiger partial charge in [-0.15, -0.1) is 0 Å². The Hall–Kier alpha value is -2.83. The molecule has 1 aromatic carbocycles. The number of carbonyl (C=O) groups is 2. The summed E-state index contributed by atoms with van der Waals surface area (Å²) in [5.74, 6) is 0.760. The van der Waals surface area contributed by atoms with Crippen LogP contribution in [0.5, 0.6) is 5.75 Å². The van der Waals surface area contributed by atoms with E-state index in [1.807, 2.05) is 34.7 Å². The summed E-state index contributed by atoms with van der Waals surface area (Å²) in [5.41, 5.74) is 0.524. The third-order valence-corrected chi connectivity index (χ3v) is 6.40. The number of rotatable bonds is 6. The topological polar surface area (TPSA) is 76.5 Å². The molecule has 1 aliphatic heterocycles. The zero-order valence-electron chi connectivity index (χ0n) is 17.7. The van der Waals surface area contributed by atoms with Gasteiger partial charge in [0, 0.05) is 31.0 Å². The van der Waals surface area contributed by atoms with Crippen molar-refractivity contribution in [1.82, 2.24) is 19.8 Å². The SMILES string of the molecule is COc1ccccc1C(=O)N1C(C(=O)NC(C)Cn2ccnc2)CC2CCCCC21. The number of aromatic nitrogens is 2. The highest BCUT2D eigenvalue weighted by Gasteiger charge is 2.48. The minimum absolute atomic E-state index is 0.0578. The van der Waals surface area contributed by atoms with Crippen molar-refractivity contribution in [3.05, 3.63) is 48.5 Å². The second kappa shape index (κ2) is 8.90. The molecule has 1 aromatic heterocycles. The maximum absolute atomic E-state index is 13.6. The molecule has 160 valence electrons. The number of imidazole rings is 1. The van der Waals surface area contributed by atoms with Crippen LogP contribution in [0.2, 0.25) is 0 Å². The van der Waals surface area contributed by atoms with Gasteiger partial charge < -0.3 is 19.5 Å². The van der Waals surface area contributed by atoms with Gasteiger partial charge in [0.15, 0.2) is 0 Å². The smallest absolute Gasteiger partial charge is 0.258 e. The van der Waals surface area contributed by atoms with Gasteiger partial charge >= 0.3 is 0 Å². The summed E-state index contributed by atoms with van der Waals surface area (Å²) >= 11 is 0. The lowest BCUT2D eigenvalue weighted by atomic mass is 9.84. The van der Waals surface area contributed by atoms with Gasteiger partial charge in [-0.25, -0.2) is 4.98 Å². The summed E-state index contributed by atoms with van der Waals surface area (Å²) in [7, 11) is 1.57. The number of carbonyl (C=O) groups excluding carboxylic acids is 2. The van der Waals surface area contributed by atoms with Crippen molar-refractivity contribution in [3.63, 3.8) is 0 Å². The molecule has 0 spiro atoms. The third kappa shape index (κ3) is 4.06. The Morgan fingerprint density at radius 1 is 1.27 bits per heavy atom. The fraction of sp³-hybridized carbons (Fsp3) is 0.522. The molecular weight excluding hydrogens is 380 g/mol. The quantitative estimate of drug-likeness (QED) is 0.795. The van der Waals surface area contributed by atoms with Gasteiger partial charge in [-0.3, -0.25) is 9.59 Å². The summed E-state index contributed by atoms with van der Waals surface area (Å²) in [4.78, 5) is 32.8. The molecule has 1 N–H and O–H groups in total. The second-order valence-corrected chi connectivity index (χ2v) is 8.45. The van der Waals surface area contributed by atoms with E-state index in [0.29, 0.717) is 23.8 Å². The Morgan fingerprint density at radius 2 is 2.07 bits per heavy atom. The lowest BCUT2D eigenvalue weighted by molar-refractivity contribution is -0.125. The number of benzene rings is 1. The van der Waals surface area contributed by atoms with Crippen LogP contribution < -0.4 is 10.1 Å². The number of nitrogens with zero attached hydrogens (tertiary/aromatic N) is 3. The van der Waals surface area contributed by atoms with Crippen molar-refractivity contribution in [2.75, 3.05) is 7.11 Å². The van der Waals surface area contributed by atoms with Crippen molar-refractivity contribution in [3.8, 4) is 5.75 Å². The highest BCUT2D eigenvalue weighted by Crippen LogP contribution is 2.41. The van der Waals surface area contributed by atoms with Gasteiger partial charge in [0.05, 0.1) is 19.0 Å². The molecule has 7 heteroatoms. The van der Waals surface area contributed by atoms with Gasteiger partial charge in [0.25, 0.3) is 5.91 Å². The first-order valence-corrected chi connectivity index (χ1v) is 10.8. The van der Waals surface area contributed by atoms with Crippen molar-refractivity contribution < 1.29 is 14.3 Å². The summed E-state index contributed by atoms with van der Waals surface area (Å²) < 4.78 is 7.37. The van der Waals surface area contributed by atoms with E-state index in [4.69, 9.17) is 4.74 Å². The minimum Gasteiger partial charge on any atom is -0.496 e. The number of likely N-dealkylation sites (tertiary alicyclic amines) is 1. The zero-order chi connectivity index (χ0) is 21.1. The van der Waals surface area contributed by atoms with E-state index < -0.39 is 6.04 Å². The lowest BCUT2D eigenvalue weighted by Crippen LogP contribution is -2.51. The van der Waals surface area contributed by atoms with Gasteiger partial charge in [0.2, 0.25) is 5.91 Å². The molecule has 2 aromatic rings. The Labute approximate surface area is 177 Å². The molecular formula is C23H30N4O3. The normalized spacial score (nSPS) is 24.2. The first kappa shape index (κ1) is 20.4. The van der Waals surface area contributed by atoms with Crippen molar-refractivity contribution in [2.24, 2.45) is 5.92 Å². The predicted molar refractivity (Wildman–Crippen MR) is 113 cm³/mol. The van der Waals surface area contributed by atoms with Crippen LogP contribution in [0.4, 0.5) is 0 Å². The van der Waals surface area contributed by atoms with E-state index >= 15 is 0 Å². The van der Waals surface area contributed by atoms with E-state index in [0.717, 1.165) is 25.7 Å². The molecule has 2 heterocycles. The molecule has 1 saturated heterocycles. The molecule has 2 aliphatic rings. The van der Waals surface area contributed by atoms with Crippen molar-refractivity contribution >= 4 is 11.8 Å². The van der Waals surface area contributed by atoms with E-state index in [9.17, 15) is 9.59 Å². The molecule has 0 radical (unpaired) electrons. The fourth-order valence-corrected chi connectivity index (χ4v) is 5.04. The van der Waals surface area contributed by atoms with Crippen LogP contribution in [0.25, 0.3) is 0 Å². The molecule has 30 heavy (non-hydrogen) atoms. The number of hydrogen-bond donors (Lipinski definition) is 1. The number of nitrogens with one attached hydrogen (secondary N) is 1.